The highest BCUT2D eigenvalue weighted by Crippen LogP contribution is 2.29. The summed E-state index contributed by atoms with van der Waals surface area (Å²) in [5.74, 6) is -3.20. The number of likely N-dealkylation sites (tertiary alicyclic amines) is 1. The Morgan fingerprint density at radius 1 is 0.907 bits per heavy atom. The largest absolute Gasteiger partial charge is 0.480 e. The standard InChI is InChI=1S/C41H69N5O8/c1-12-27(6)36(45(9)40(50)35(26(4)5)44-39(49)34(42-8)25(2)3)32(53-10)24-33(47)46-23-17-16-20-31(46)37(54-11)28(7)38(48)43-30(41(51)52)22-21-29-18-14-13-15-19-29/h13-15,18-19,25-28,30-32,34-37,42H,12,16-17,20-24H2,1-11H3,(H,43,48)(H,44,49)(H,51,52). The molecule has 306 valence electrons. The van der Waals surface area contributed by atoms with E-state index in [1.54, 1.807) is 37.9 Å². The summed E-state index contributed by atoms with van der Waals surface area (Å²) in [6.07, 6.45) is 2.33. The van der Waals surface area contributed by atoms with Crippen LogP contribution >= 0.6 is 0 Å². The molecule has 2 rings (SSSR count). The minimum atomic E-state index is -1.11. The van der Waals surface area contributed by atoms with Gasteiger partial charge in [0.05, 0.1) is 42.7 Å². The smallest absolute Gasteiger partial charge is 0.326 e. The topological polar surface area (TPSA) is 167 Å². The van der Waals surface area contributed by atoms with Gasteiger partial charge >= 0.3 is 5.97 Å². The van der Waals surface area contributed by atoms with Crippen molar-refractivity contribution in [3.8, 4) is 0 Å². The van der Waals surface area contributed by atoms with E-state index in [-0.39, 0.29) is 48.3 Å². The Morgan fingerprint density at radius 3 is 2.06 bits per heavy atom. The summed E-state index contributed by atoms with van der Waals surface area (Å²) in [6, 6.07) is 6.30. The predicted molar refractivity (Wildman–Crippen MR) is 210 cm³/mol. The number of aryl methyl sites for hydroxylation is 1. The van der Waals surface area contributed by atoms with Gasteiger partial charge in [0, 0.05) is 27.8 Å². The first kappa shape index (κ1) is 46.6. The zero-order chi connectivity index (χ0) is 40.7. The van der Waals surface area contributed by atoms with Gasteiger partial charge in [0.2, 0.25) is 23.6 Å². The van der Waals surface area contributed by atoms with Crippen molar-refractivity contribution >= 4 is 29.6 Å². The fraction of sp³-hybridized carbons (Fsp3) is 0.732. The molecule has 0 spiro atoms. The first-order valence-corrected chi connectivity index (χ1v) is 19.7. The Hall–Kier alpha value is -3.55. The molecule has 4 N–H and O–H groups in total. The zero-order valence-electron chi connectivity index (χ0n) is 34.6. The molecular weight excluding hydrogens is 690 g/mol. The van der Waals surface area contributed by atoms with E-state index in [1.807, 2.05) is 71.9 Å². The van der Waals surface area contributed by atoms with Crippen LogP contribution in [0, 0.1) is 23.7 Å². The SMILES string of the molecule is CCC(C)C(C(CC(=O)N1CCCCC1C(OC)C(C)C(=O)NC(CCc1ccccc1)C(=O)O)OC)N(C)C(=O)C(NC(=O)C(NC)C(C)C)C(C)C. The molecule has 1 heterocycles. The molecule has 13 heteroatoms. The lowest BCUT2D eigenvalue weighted by Gasteiger charge is -2.43. The van der Waals surface area contributed by atoms with Gasteiger partial charge in [-0.1, -0.05) is 85.2 Å². The second-order valence-electron chi connectivity index (χ2n) is 15.6. The van der Waals surface area contributed by atoms with Gasteiger partial charge in [-0.25, -0.2) is 4.79 Å². The highest BCUT2D eigenvalue weighted by atomic mass is 16.5. The summed E-state index contributed by atoms with van der Waals surface area (Å²) >= 11 is 0. The normalized spacial score (nSPS) is 19.2. The van der Waals surface area contributed by atoms with Crippen molar-refractivity contribution in [2.24, 2.45) is 23.7 Å². The number of hydrogen-bond donors (Lipinski definition) is 4. The summed E-state index contributed by atoms with van der Waals surface area (Å²) < 4.78 is 11.9. The molecule has 13 nitrogen and oxygen atoms in total. The number of carboxylic acids is 1. The maximum absolute atomic E-state index is 14.3. The van der Waals surface area contributed by atoms with Gasteiger partial charge in [0.15, 0.2) is 0 Å². The average molecular weight is 760 g/mol. The molecule has 1 fully saturated rings. The van der Waals surface area contributed by atoms with Crippen LogP contribution in [0.15, 0.2) is 30.3 Å². The van der Waals surface area contributed by atoms with Gasteiger partial charge in [0.25, 0.3) is 0 Å². The minimum Gasteiger partial charge on any atom is -0.480 e. The van der Waals surface area contributed by atoms with Gasteiger partial charge in [-0.05, 0) is 62.5 Å². The van der Waals surface area contributed by atoms with Crippen molar-refractivity contribution in [1.82, 2.24) is 25.8 Å². The number of piperidine rings is 1. The number of carboxylic acid groups (broad SMARTS) is 1. The highest BCUT2D eigenvalue weighted by molar-refractivity contribution is 5.90. The highest BCUT2D eigenvalue weighted by Gasteiger charge is 2.42. The predicted octanol–water partition coefficient (Wildman–Crippen LogP) is 3.88. The number of benzene rings is 1. The molecule has 4 amide bonds. The van der Waals surface area contributed by atoms with E-state index in [0.29, 0.717) is 19.4 Å². The number of hydrogen-bond acceptors (Lipinski definition) is 8. The Balaban J connectivity index is 2.28. The van der Waals surface area contributed by atoms with E-state index in [2.05, 4.69) is 16.0 Å². The summed E-state index contributed by atoms with van der Waals surface area (Å²) in [7, 11) is 6.49. The zero-order valence-corrected chi connectivity index (χ0v) is 34.6. The third-order valence-corrected chi connectivity index (χ3v) is 11.2. The van der Waals surface area contributed by atoms with Gasteiger partial charge in [-0.2, -0.15) is 0 Å². The molecule has 1 aromatic carbocycles. The van der Waals surface area contributed by atoms with Crippen LogP contribution in [0.5, 0.6) is 0 Å². The minimum absolute atomic E-state index is 0.00883. The lowest BCUT2D eigenvalue weighted by molar-refractivity contribution is -0.151. The molecule has 1 aliphatic rings. The van der Waals surface area contributed by atoms with E-state index in [9.17, 15) is 29.1 Å². The molecule has 1 saturated heterocycles. The summed E-state index contributed by atoms with van der Waals surface area (Å²) in [5.41, 5.74) is 0.980. The van der Waals surface area contributed by atoms with Crippen molar-refractivity contribution in [3.05, 3.63) is 35.9 Å². The van der Waals surface area contributed by atoms with Gasteiger partial charge in [0.1, 0.15) is 12.1 Å². The van der Waals surface area contributed by atoms with Crippen molar-refractivity contribution in [2.45, 2.75) is 136 Å². The van der Waals surface area contributed by atoms with Gasteiger partial charge < -0.3 is 40.3 Å². The summed E-state index contributed by atoms with van der Waals surface area (Å²) in [4.78, 5) is 70.8. The Kier molecular flexibility index (Phi) is 19.6. The van der Waals surface area contributed by atoms with Crippen LogP contribution in [-0.4, -0.2) is 122 Å². The third-order valence-electron chi connectivity index (χ3n) is 11.2. The number of carbonyl (C=O) groups excluding carboxylic acids is 4. The summed E-state index contributed by atoms with van der Waals surface area (Å²) in [6.45, 7) is 13.9. The van der Waals surface area contributed by atoms with Crippen molar-refractivity contribution in [1.29, 1.82) is 0 Å². The molecule has 54 heavy (non-hydrogen) atoms. The monoisotopic (exact) mass is 760 g/mol. The number of likely N-dealkylation sites (N-methyl/N-ethyl adjacent to an activating group) is 2. The molecule has 0 radical (unpaired) electrons. The first-order valence-electron chi connectivity index (χ1n) is 19.7. The Labute approximate surface area is 323 Å². The van der Waals surface area contributed by atoms with Gasteiger partial charge in [-0.15, -0.1) is 0 Å². The molecule has 0 bridgehead atoms. The summed E-state index contributed by atoms with van der Waals surface area (Å²) in [5, 5.41) is 18.7. The fourth-order valence-corrected chi connectivity index (χ4v) is 7.73. The van der Waals surface area contributed by atoms with E-state index in [1.165, 1.54) is 7.11 Å². The molecule has 9 unspecified atom stereocenters. The van der Waals surface area contributed by atoms with Crippen molar-refractivity contribution in [3.63, 3.8) is 0 Å². The van der Waals surface area contributed by atoms with E-state index >= 15 is 0 Å². The van der Waals surface area contributed by atoms with Crippen LogP contribution in [0.3, 0.4) is 0 Å². The number of carbonyl (C=O) groups is 5. The van der Waals surface area contributed by atoms with Crippen LogP contribution in [0.2, 0.25) is 0 Å². The van der Waals surface area contributed by atoms with Crippen LogP contribution in [0.1, 0.15) is 92.6 Å². The number of ether oxygens (including phenoxy) is 2. The third kappa shape index (κ3) is 12.8. The van der Waals surface area contributed by atoms with Gasteiger partial charge in [-0.3, -0.25) is 19.2 Å². The number of nitrogens with zero attached hydrogens (tertiary/aromatic N) is 2. The quantitative estimate of drug-likeness (QED) is 0.137. The molecule has 1 aliphatic heterocycles. The molecule has 0 aliphatic carbocycles. The number of nitrogens with one attached hydrogen (secondary N) is 3. The number of amides is 4. The van der Waals surface area contributed by atoms with E-state index in [4.69, 9.17) is 9.47 Å². The van der Waals surface area contributed by atoms with Crippen molar-refractivity contribution < 1.29 is 38.6 Å². The van der Waals surface area contributed by atoms with Crippen LogP contribution < -0.4 is 16.0 Å². The average Bonchev–Trinajstić information content (AvgIpc) is 3.15. The molecule has 0 aromatic heterocycles. The second kappa shape index (κ2) is 22.7. The Bertz CT molecular complexity index is 1340. The molecular formula is C41H69N5O8. The number of rotatable bonds is 22. The Morgan fingerprint density at radius 2 is 1.54 bits per heavy atom. The number of methoxy groups -OCH3 is 2. The molecule has 0 saturated carbocycles. The first-order chi connectivity index (χ1) is 25.5. The lowest BCUT2D eigenvalue weighted by Crippen LogP contribution is -2.60. The van der Waals surface area contributed by atoms with E-state index in [0.717, 1.165) is 24.8 Å². The lowest BCUT2D eigenvalue weighted by atomic mass is 9.87. The van der Waals surface area contributed by atoms with E-state index < -0.39 is 60.2 Å². The maximum atomic E-state index is 14.3. The molecule has 1 aromatic rings. The number of aliphatic carboxylic acids is 1. The second-order valence-corrected chi connectivity index (χ2v) is 15.6. The molecule has 9 atom stereocenters. The fourth-order valence-electron chi connectivity index (χ4n) is 7.73. The van der Waals surface area contributed by atoms with Crippen LogP contribution in [0.25, 0.3) is 0 Å². The van der Waals surface area contributed by atoms with Crippen LogP contribution in [-0.2, 0) is 39.9 Å². The maximum Gasteiger partial charge on any atom is 0.326 e. The van der Waals surface area contributed by atoms with Crippen molar-refractivity contribution in [2.75, 3.05) is 34.9 Å². The van der Waals surface area contributed by atoms with Crippen LogP contribution in [0.4, 0.5) is 0 Å².